The van der Waals surface area contributed by atoms with Crippen LogP contribution >= 0.6 is 11.6 Å². The lowest BCUT2D eigenvalue weighted by atomic mass is 10.2. The Hall–Kier alpha value is -1.55. The van der Waals surface area contributed by atoms with Crippen LogP contribution in [0.5, 0.6) is 0 Å². The van der Waals surface area contributed by atoms with Gasteiger partial charge in [0.1, 0.15) is 0 Å². The molecule has 86 valence electrons. The summed E-state index contributed by atoms with van der Waals surface area (Å²) in [5.74, 6) is -0.472. The zero-order chi connectivity index (χ0) is 12.0. The van der Waals surface area contributed by atoms with E-state index in [1.165, 1.54) is 7.11 Å². The molecular weight excluding hydrogens is 230 g/mol. The Labute approximate surface area is 98.5 Å². The van der Waals surface area contributed by atoms with E-state index in [1.54, 1.807) is 24.3 Å². The van der Waals surface area contributed by atoms with Gasteiger partial charge in [-0.05, 0) is 12.1 Å². The van der Waals surface area contributed by atoms with Crippen molar-refractivity contribution >= 4 is 29.2 Å². The predicted octanol–water partition coefficient (Wildman–Crippen LogP) is 2.04. The van der Waals surface area contributed by atoms with Crippen LogP contribution in [0.2, 0.25) is 0 Å². The van der Waals surface area contributed by atoms with Crippen LogP contribution in [-0.2, 0) is 9.53 Å². The molecular formula is C11H12ClNO3. The number of hydrogen-bond donors (Lipinski definition) is 1. The summed E-state index contributed by atoms with van der Waals surface area (Å²) in [6.07, 6.45) is 0.205. The summed E-state index contributed by atoms with van der Waals surface area (Å²) in [4.78, 5) is 22.7. The minimum Gasteiger partial charge on any atom is -0.465 e. The number of hydrogen-bond acceptors (Lipinski definition) is 3. The summed E-state index contributed by atoms with van der Waals surface area (Å²) in [6.45, 7) is 0. The van der Waals surface area contributed by atoms with Crippen molar-refractivity contribution in [1.82, 2.24) is 0 Å². The van der Waals surface area contributed by atoms with Crippen LogP contribution in [0.25, 0.3) is 0 Å². The molecule has 0 heterocycles. The average molecular weight is 242 g/mol. The van der Waals surface area contributed by atoms with Crippen molar-refractivity contribution in [2.75, 3.05) is 18.3 Å². The Bertz CT molecular complexity index is 393. The van der Waals surface area contributed by atoms with E-state index in [0.29, 0.717) is 11.3 Å². The molecule has 1 aromatic carbocycles. The summed E-state index contributed by atoms with van der Waals surface area (Å²) < 4.78 is 4.60. The molecule has 0 saturated carbocycles. The maximum atomic E-state index is 11.4. The van der Waals surface area contributed by atoms with Gasteiger partial charge in [0.05, 0.1) is 18.4 Å². The Morgan fingerprint density at radius 1 is 1.38 bits per heavy atom. The third-order valence-electron chi connectivity index (χ3n) is 1.93. The molecule has 1 N–H and O–H groups in total. The number of benzene rings is 1. The van der Waals surface area contributed by atoms with Crippen LogP contribution in [-0.4, -0.2) is 24.9 Å². The highest BCUT2D eigenvalue weighted by Gasteiger charge is 2.12. The van der Waals surface area contributed by atoms with Crippen molar-refractivity contribution in [2.24, 2.45) is 0 Å². The van der Waals surface area contributed by atoms with Gasteiger partial charge in [0.2, 0.25) is 5.91 Å². The molecule has 5 heteroatoms. The van der Waals surface area contributed by atoms with Gasteiger partial charge < -0.3 is 10.1 Å². The highest BCUT2D eigenvalue weighted by molar-refractivity contribution is 6.19. The Balaban J connectivity index is 2.87. The van der Waals surface area contributed by atoms with Gasteiger partial charge in [-0.15, -0.1) is 11.6 Å². The molecule has 0 radical (unpaired) electrons. The highest BCUT2D eigenvalue weighted by atomic mass is 35.5. The number of esters is 1. The maximum absolute atomic E-state index is 11.4. The fourth-order valence-electron chi connectivity index (χ4n) is 1.18. The molecule has 0 atom stereocenters. The van der Waals surface area contributed by atoms with Crippen LogP contribution in [0.4, 0.5) is 5.69 Å². The van der Waals surface area contributed by atoms with E-state index >= 15 is 0 Å². The van der Waals surface area contributed by atoms with E-state index < -0.39 is 5.97 Å². The number of carbonyl (C=O) groups is 2. The number of alkyl halides is 1. The molecule has 0 spiro atoms. The fraction of sp³-hybridized carbons (Fsp3) is 0.273. The predicted molar refractivity (Wildman–Crippen MR) is 61.7 cm³/mol. The van der Waals surface area contributed by atoms with E-state index in [9.17, 15) is 9.59 Å². The van der Waals surface area contributed by atoms with E-state index in [0.717, 1.165) is 0 Å². The third kappa shape index (κ3) is 3.24. The third-order valence-corrected chi connectivity index (χ3v) is 2.12. The van der Waals surface area contributed by atoms with Crippen molar-refractivity contribution in [3.05, 3.63) is 29.8 Å². The molecule has 0 aliphatic carbocycles. The zero-order valence-electron chi connectivity index (χ0n) is 8.83. The molecule has 1 rings (SSSR count). The zero-order valence-corrected chi connectivity index (χ0v) is 9.58. The first-order chi connectivity index (χ1) is 7.69. The number of nitrogens with one attached hydrogen (secondary N) is 1. The average Bonchev–Trinajstić information content (AvgIpc) is 2.29. The smallest absolute Gasteiger partial charge is 0.339 e. The van der Waals surface area contributed by atoms with Gasteiger partial charge in [0.25, 0.3) is 0 Å². The molecule has 4 nitrogen and oxygen atoms in total. The van der Waals surface area contributed by atoms with Crippen molar-refractivity contribution < 1.29 is 14.3 Å². The molecule has 0 aliphatic rings. The Morgan fingerprint density at radius 3 is 2.69 bits per heavy atom. The highest BCUT2D eigenvalue weighted by Crippen LogP contribution is 2.16. The number of amides is 1. The molecule has 0 fully saturated rings. The van der Waals surface area contributed by atoms with E-state index in [1.807, 2.05) is 0 Å². The van der Waals surface area contributed by atoms with Crippen molar-refractivity contribution in [3.63, 3.8) is 0 Å². The van der Waals surface area contributed by atoms with Gasteiger partial charge in [0.15, 0.2) is 0 Å². The Morgan fingerprint density at radius 2 is 2.06 bits per heavy atom. The largest absolute Gasteiger partial charge is 0.465 e. The number of carbonyl (C=O) groups excluding carboxylic acids is 2. The van der Waals surface area contributed by atoms with Crippen molar-refractivity contribution in [1.29, 1.82) is 0 Å². The van der Waals surface area contributed by atoms with Crippen molar-refractivity contribution in [3.8, 4) is 0 Å². The number of methoxy groups -OCH3 is 1. The number of rotatable bonds is 4. The molecule has 0 aliphatic heterocycles. The van der Waals surface area contributed by atoms with Crippen LogP contribution < -0.4 is 5.32 Å². The summed E-state index contributed by atoms with van der Waals surface area (Å²) in [7, 11) is 1.29. The summed E-state index contributed by atoms with van der Waals surface area (Å²) in [5, 5.41) is 2.60. The normalized spacial score (nSPS) is 9.62. The van der Waals surface area contributed by atoms with Gasteiger partial charge in [-0.3, -0.25) is 4.79 Å². The van der Waals surface area contributed by atoms with Gasteiger partial charge in [0, 0.05) is 12.3 Å². The maximum Gasteiger partial charge on any atom is 0.339 e. The number of ether oxygens (including phenoxy) is 1. The number of halogens is 1. The molecule has 0 aromatic heterocycles. The molecule has 1 aromatic rings. The minimum absolute atomic E-state index is 0.205. The van der Waals surface area contributed by atoms with Crippen LogP contribution in [0.1, 0.15) is 16.8 Å². The second kappa shape index (κ2) is 6.12. The summed E-state index contributed by atoms with van der Waals surface area (Å²) >= 11 is 5.44. The molecule has 0 bridgehead atoms. The number of para-hydroxylation sites is 1. The lowest BCUT2D eigenvalue weighted by molar-refractivity contribution is -0.115. The summed E-state index contributed by atoms with van der Waals surface area (Å²) in [6, 6.07) is 6.65. The SMILES string of the molecule is COC(=O)c1ccccc1NC(=O)CCCl. The topological polar surface area (TPSA) is 55.4 Å². The van der Waals surface area contributed by atoms with Gasteiger partial charge >= 0.3 is 5.97 Å². The first kappa shape index (κ1) is 12.5. The number of anilines is 1. The van der Waals surface area contributed by atoms with Crippen LogP contribution in [0.3, 0.4) is 0 Å². The fourth-order valence-corrected chi connectivity index (χ4v) is 1.35. The second-order valence-corrected chi connectivity index (χ2v) is 3.40. The first-order valence-electron chi connectivity index (χ1n) is 4.72. The van der Waals surface area contributed by atoms with Gasteiger partial charge in [-0.2, -0.15) is 0 Å². The van der Waals surface area contributed by atoms with Crippen molar-refractivity contribution in [2.45, 2.75) is 6.42 Å². The lowest BCUT2D eigenvalue weighted by Crippen LogP contribution is -2.15. The standard InChI is InChI=1S/C11H12ClNO3/c1-16-11(15)8-4-2-3-5-9(8)13-10(14)6-7-12/h2-5H,6-7H2,1H3,(H,13,14). The molecule has 0 unspecified atom stereocenters. The van der Waals surface area contributed by atoms with Gasteiger partial charge in [-0.25, -0.2) is 4.79 Å². The Kier molecular flexibility index (Phi) is 4.79. The minimum atomic E-state index is -0.484. The summed E-state index contributed by atoms with van der Waals surface area (Å²) in [5.41, 5.74) is 0.761. The lowest BCUT2D eigenvalue weighted by Gasteiger charge is -2.08. The monoisotopic (exact) mass is 241 g/mol. The van der Waals surface area contributed by atoms with E-state index in [-0.39, 0.29) is 18.2 Å². The van der Waals surface area contributed by atoms with E-state index in [4.69, 9.17) is 11.6 Å². The molecule has 16 heavy (non-hydrogen) atoms. The molecule has 1 amide bonds. The quantitative estimate of drug-likeness (QED) is 0.648. The van der Waals surface area contributed by atoms with Crippen LogP contribution in [0.15, 0.2) is 24.3 Å². The van der Waals surface area contributed by atoms with E-state index in [2.05, 4.69) is 10.1 Å². The molecule has 0 saturated heterocycles. The van der Waals surface area contributed by atoms with Gasteiger partial charge in [-0.1, -0.05) is 12.1 Å². The van der Waals surface area contributed by atoms with Crippen LogP contribution in [0, 0.1) is 0 Å². The first-order valence-corrected chi connectivity index (χ1v) is 5.25. The second-order valence-electron chi connectivity index (χ2n) is 3.02.